The van der Waals surface area contributed by atoms with Crippen molar-refractivity contribution in [3.63, 3.8) is 0 Å². The van der Waals surface area contributed by atoms with Gasteiger partial charge >= 0.3 is 5.91 Å². The fourth-order valence-corrected chi connectivity index (χ4v) is 4.33. The average Bonchev–Trinajstić information content (AvgIpc) is 3.22. The number of carbonyl (C=O) groups excluding carboxylic acids is 2. The van der Waals surface area contributed by atoms with Crippen molar-refractivity contribution in [3.05, 3.63) is 42.0 Å². The van der Waals surface area contributed by atoms with Gasteiger partial charge in [0, 0.05) is 33.4 Å². The van der Waals surface area contributed by atoms with E-state index in [2.05, 4.69) is 26.0 Å². The van der Waals surface area contributed by atoms with Crippen molar-refractivity contribution >= 4 is 34.7 Å². The Morgan fingerprint density at radius 1 is 1.24 bits per heavy atom. The molecule has 178 valence electrons. The number of amides is 2. The number of allylic oxidation sites excluding steroid dienone is 2. The number of hydrogen-bond donors (Lipinski definition) is 3. The van der Waals surface area contributed by atoms with E-state index in [1.54, 1.807) is 44.2 Å². The highest BCUT2D eigenvalue weighted by Crippen LogP contribution is 2.25. The topological polar surface area (TPSA) is 122 Å². The number of ether oxygens (including phenoxy) is 2. The molecule has 2 aliphatic carbocycles. The minimum absolute atomic E-state index is 0.0224. The van der Waals surface area contributed by atoms with E-state index in [-0.39, 0.29) is 30.1 Å². The largest absolute Gasteiger partial charge is 0.440 e. The van der Waals surface area contributed by atoms with Crippen molar-refractivity contribution in [2.24, 2.45) is 0 Å². The van der Waals surface area contributed by atoms with Crippen molar-refractivity contribution < 1.29 is 23.6 Å². The van der Waals surface area contributed by atoms with Crippen LogP contribution >= 0.6 is 0 Å². The van der Waals surface area contributed by atoms with Crippen LogP contribution in [0, 0.1) is 0 Å². The Morgan fingerprint density at radius 2 is 2.06 bits per heavy atom. The molecule has 3 heterocycles. The first-order valence-corrected chi connectivity index (χ1v) is 11.3. The van der Waals surface area contributed by atoms with Gasteiger partial charge in [0.25, 0.3) is 5.91 Å². The van der Waals surface area contributed by atoms with E-state index >= 15 is 0 Å². The monoisotopic (exact) mass is 466 g/mol. The van der Waals surface area contributed by atoms with E-state index in [1.165, 1.54) is 10.7 Å². The lowest BCUT2D eigenvalue weighted by Crippen LogP contribution is -2.51. The maximum absolute atomic E-state index is 13.1. The number of fused-ring (bicyclic) bond motifs is 1. The molecule has 2 amide bonds. The van der Waals surface area contributed by atoms with Gasteiger partial charge in [-0.1, -0.05) is 0 Å². The SMILES string of the molecule is CNc1cc(NC2=CC=C[N+](=C3CC(OC)C3)C2=O)nn2c(C(=O)NC3CC[C@@H]3OC)cnc12. The molecule has 3 N–H and O–H groups in total. The third kappa shape index (κ3) is 3.86. The second kappa shape index (κ2) is 8.99. The lowest BCUT2D eigenvalue weighted by atomic mass is 9.89. The third-order valence-electron chi connectivity index (χ3n) is 6.61. The molecule has 2 saturated carbocycles. The summed E-state index contributed by atoms with van der Waals surface area (Å²) in [5, 5.41) is 13.8. The molecular formula is C23H28N7O4+. The van der Waals surface area contributed by atoms with Gasteiger partial charge < -0.3 is 25.4 Å². The Bertz CT molecular complexity index is 1240. The lowest BCUT2D eigenvalue weighted by Gasteiger charge is -2.35. The van der Waals surface area contributed by atoms with Crippen molar-refractivity contribution in [3.8, 4) is 0 Å². The third-order valence-corrected chi connectivity index (χ3v) is 6.61. The van der Waals surface area contributed by atoms with Gasteiger partial charge in [-0.3, -0.25) is 4.79 Å². The number of imidazole rings is 1. The summed E-state index contributed by atoms with van der Waals surface area (Å²) in [6.07, 6.45) is 10.2. The molecule has 0 saturated heterocycles. The van der Waals surface area contributed by atoms with Crippen molar-refractivity contribution in [1.82, 2.24) is 19.9 Å². The minimum atomic E-state index is -0.276. The van der Waals surface area contributed by atoms with Crippen LogP contribution < -0.4 is 16.0 Å². The van der Waals surface area contributed by atoms with Gasteiger partial charge in [0.1, 0.15) is 0 Å². The van der Waals surface area contributed by atoms with Crippen LogP contribution in [0.2, 0.25) is 0 Å². The van der Waals surface area contributed by atoms with Crippen LogP contribution in [-0.2, 0) is 14.3 Å². The van der Waals surface area contributed by atoms with Gasteiger partial charge in [-0.15, -0.1) is 9.67 Å². The fraction of sp³-hybridized carbons (Fsp3) is 0.435. The van der Waals surface area contributed by atoms with Gasteiger partial charge in [-0.05, 0) is 18.9 Å². The molecule has 0 aromatic carbocycles. The Balaban J connectivity index is 1.40. The summed E-state index contributed by atoms with van der Waals surface area (Å²) < 4.78 is 13.8. The predicted octanol–water partition coefficient (Wildman–Crippen LogP) is 1.29. The number of nitrogens with zero attached hydrogens (tertiary/aromatic N) is 4. The number of rotatable bonds is 7. The Labute approximate surface area is 196 Å². The summed E-state index contributed by atoms with van der Waals surface area (Å²) in [7, 11) is 5.09. The van der Waals surface area contributed by atoms with Gasteiger partial charge in [0.05, 0.1) is 43.0 Å². The zero-order valence-electron chi connectivity index (χ0n) is 19.4. The van der Waals surface area contributed by atoms with Crippen LogP contribution in [-0.4, -0.2) is 76.2 Å². The molecule has 3 aliphatic rings. The average molecular weight is 467 g/mol. The standard InChI is InChI=1S/C23H27N7O4/c1-24-17-11-20(26-16-5-4-8-29(23(16)32)13-9-14(10-13)33-2)28-30-18(12-25-21(17)30)22(31)27-15-6-7-19(15)34-3/h4-5,8,11-12,14-15,19H,6-7,9-10H2,1-3H3,(H2-,24,26,27,28,31)/p+1/t14?,15?,19-/m0/s1. The van der Waals surface area contributed by atoms with E-state index in [4.69, 9.17) is 9.47 Å². The normalized spacial score (nSPS) is 23.9. The van der Waals surface area contributed by atoms with Crippen molar-refractivity contribution in [2.75, 3.05) is 31.9 Å². The highest BCUT2D eigenvalue weighted by molar-refractivity contribution is 5.99. The van der Waals surface area contributed by atoms with E-state index in [1.807, 2.05) is 6.08 Å². The molecule has 2 atom stereocenters. The zero-order valence-corrected chi connectivity index (χ0v) is 19.4. The van der Waals surface area contributed by atoms with Crippen LogP contribution in [0.3, 0.4) is 0 Å². The summed E-state index contributed by atoms with van der Waals surface area (Å²) >= 11 is 0. The van der Waals surface area contributed by atoms with Crippen LogP contribution in [0.1, 0.15) is 36.2 Å². The molecule has 0 bridgehead atoms. The number of hydrogen-bond acceptors (Lipinski definition) is 8. The first-order chi connectivity index (χ1) is 16.5. The molecule has 2 aromatic rings. The van der Waals surface area contributed by atoms with Crippen molar-refractivity contribution in [2.45, 2.75) is 43.9 Å². The Kier molecular flexibility index (Phi) is 5.88. The fourth-order valence-electron chi connectivity index (χ4n) is 4.33. The smallest absolute Gasteiger partial charge is 0.385 e. The summed E-state index contributed by atoms with van der Waals surface area (Å²) in [5.41, 5.74) is 2.88. The van der Waals surface area contributed by atoms with Gasteiger partial charge in [0.2, 0.25) is 0 Å². The van der Waals surface area contributed by atoms with Gasteiger partial charge in [0.15, 0.2) is 34.8 Å². The summed E-state index contributed by atoms with van der Waals surface area (Å²) in [4.78, 5) is 30.4. The molecule has 0 radical (unpaired) electrons. The second-order valence-electron chi connectivity index (χ2n) is 8.56. The Morgan fingerprint density at radius 3 is 2.74 bits per heavy atom. The first-order valence-electron chi connectivity index (χ1n) is 11.3. The van der Waals surface area contributed by atoms with E-state index in [0.717, 1.165) is 31.4 Å². The lowest BCUT2D eigenvalue weighted by molar-refractivity contribution is -0.383. The second-order valence-corrected chi connectivity index (χ2v) is 8.56. The van der Waals surface area contributed by atoms with Crippen LogP contribution in [0.5, 0.6) is 0 Å². The molecular weight excluding hydrogens is 438 g/mol. The quantitative estimate of drug-likeness (QED) is 0.522. The van der Waals surface area contributed by atoms with Gasteiger partial charge in [-0.25, -0.2) is 14.3 Å². The van der Waals surface area contributed by atoms with Crippen LogP contribution in [0.25, 0.3) is 5.65 Å². The molecule has 11 nitrogen and oxygen atoms in total. The van der Waals surface area contributed by atoms with E-state index in [0.29, 0.717) is 28.5 Å². The molecule has 1 aliphatic heterocycles. The molecule has 2 aromatic heterocycles. The predicted molar refractivity (Wildman–Crippen MR) is 125 cm³/mol. The molecule has 11 heteroatoms. The van der Waals surface area contributed by atoms with Gasteiger partial charge in [-0.2, -0.15) is 0 Å². The molecule has 34 heavy (non-hydrogen) atoms. The van der Waals surface area contributed by atoms with E-state index < -0.39 is 0 Å². The van der Waals surface area contributed by atoms with Crippen LogP contribution in [0.15, 0.2) is 36.3 Å². The number of methoxy groups -OCH3 is 2. The highest BCUT2D eigenvalue weighted by Gasteiger charge is 2.37. The molecule has 2 fully saturated rings. The van der Waals surface area contributed by atoms with Crippen molar-refractivity contribution in [1.29, 1.82) is 0 Å². The highest BCUT2D eigenvalue weighted by atomic mass is 16.5. The molecule has 5 rings (SSSR count). The van der Waals surface area contributed by atoms with Crippen LogP contribution in [0.4, 0.5) is 11.5 Å². The van der Waals surface area contributed by atoms with E-state index in [9.17, 15) is 9.59 Å². The number of nitrogens with one attached hydrogen (secondary N) is 3. The zero-order chi connectivity index (χ0) is 23.8. The first kappa shape index (κ1) is 22.2. The summed E-state index contributed by atoms with van der Waals surface area (Å²) in [6, 6.07) is 1.73. The number of aromatic nitrogens is 3. The molecule has 1 unspecified atom stereocenters. The summed E-state index contributed by atoms with van der Waals surface area (Å²) in [5.74, 6) is -0.0354. The summed E-state index contributed by atoms with van der Waals surface area (Å²) in [6.45, 7) is 0. The maximum Gasteiger partial charge on any atom is 0.440 e. The maximum atomic E-state index is 13.1. The number of anilines is 2. The molecule has 0 spiro atoms. The number of carbonyl (C=O) groups is 2. The minimum Gasteiger partial charge on any atom is -0.385 e. The Hall–Kier alpha value is -3.57.